The second-order valence-electron chi connectivity index (χ2n) is 5.37. The zero-order valence-electron chi connectivity index (χ0n) is 12.0. The summed E-state index contributed by atoms with van der Waals surface area (Å²) in [6.07, 6.45) is 1.01. The van der Waals surface area contributed by atoms with E-state index in [0.717, 1.165) is 32.7 Å². The van der Waals surface area contributed by atoms with Crippen molar-refractivity contribution >= 4 is 5.69 Å². The summed E-state index contributed by atoms with van der Waals surface area (Å²) in [5.74, 6) is 0. The van der Waals surface area contributed by atoms with Crippen molar-refractivity contribution in [3.8, 4) is 0 Å². The standard InChI is InChI=1S/C18H21NO/c1-15-13-18(19-9-11-20-12-10-19)8-7-17(15)14-16-5-3-2-4-6-16/h2-8,13H,9-12,14H2,1H3. The normalized spacial score (nSPS) is 15.3. The van der Waals surface area contributed by atoms with Gasteiger partial charge in [-0.1, -0.05) is 36.4 Å². The van der Waals surface area contributed by atoms with Crippen molar-refractivity contribution in [1.29, 1.82) is 0 Å². The fourth-order valence-corrected chi connectivity index (χ4v) is 2.71. The van der Waals surface area contributed by atoms with E-state index in [-0.39, 0.29) is 0 Å². The molecule has 2 heteroatoms. The van der Waals surface area contributed by atoms with Gasteiger partial charge < -0.3 is 9.64 Å². The number of aryl methyl sites for hydroxylation is 1. The Morgan fingerprint density at radius 1 is 1.00 bits per heavy atom. The molecule has 0 N–H and O–H groups in total. The van der Waals surface area contributed by atoms with Crippen LogP contribution in [0.5, 0.6) is 0 Å². The zero-order chi connectivity index (χ0) is 13.8. The van der Waals surface area contributed by atoms with Gasteiger partial charge in [0.2, 0.25) is 0 Å². The largest absolute Gasteiger partial charge is 0.378 e. The average Bonchev–Trinajstić information content (AvgIpc) is 2.51. The Morgan fingerprint density at radius 3 is 2.45 bits per heavy atom. The van der Waals surface area contributed by atoms with Crippen molar-refractivity contribution in [2.24, 2.45) is 0 Å². The highest BCUT2D eigenvalue weighted by Crippen LogP contribution is 2.22. The molecule has 1 saturated heterocycles. The minimum atomic E-state index is 0.838. The van der Waals surface area contributed by atoms with Crippen LogP contribution in [0.15, 0.2) is 48.5 Å². The molecule has 0 radical (unpaired) electrons. The van der Waals surface area contributed by atoms with E-state index in [1.54, 1.807) is 0 Å². The second-order valence-corrected chi connectivity index (χ2v) is 5.37. The number of rotatable bonds is 3. The summed E-state index contributed by atoms with van der Waals surface area (Å²) < 4.78 is 5.41. The van der Waals surface area contributed by atoms with Gasteiger partial charge in [0.05, 0.1) is 13.2 Å². The topological polar surface area (TPSA) is 12.5 Å². The van der Waals surface area contributed by atoms with Crippen LogP contribution in [0.2, 0.25) is 0 Å². The van der Waals surface area contributed by atoms with Crippen LogP contribution >= 0.6 is 0 Å². The molecule has 0 atom stereocenters. The fourth-order valence-electron chi connectivity index (χ4n) is 2.71. The van der Waals surface area contributed by atoms with Crippen LogP contribution in [-0.4, -0.2) is 26.3 Å². The van der Waals surface area contributed by atoms with Gasteiger partial charge in [0.25, 0.3) is 0 Å². The summed E-state index contributed by atoms with van der Waals surface area (Å²) in [5, 5.41) is 0. The first kappa shape index (κ1) is 13.2. The number of nitrogens with zero attached hydrogens (tertiary/aromatic N) is 1. The van der Waals surface area contributed by atoms with Gasteiger partial charge in [-0.2, -0.15) is 0 Å². The van der Waals surface area contributed by atoms with Crippen LogP contribution in [0.3, 0.4) is 0 Å². The van der Waals surface area contributed by atoms with Gasteiger partial charge >= 0.3 is 0 Å². The maximum absolute atomic E-state index is 5.41. The van der Waals surface area contributed by atoms with E-state index in [1.165, 1.54) is 22.4 Å². The summed E-state index contributed by atoms with van der Waals surface area (Å²) in [6, 6.07) is 17.5. The van der Waals surface area contributed by atoms with Crippen LogP contribution in [-0.2, 0) is 11.2 Å². The minimum Gasteiger partial charge on any atom is -0.378 e. The first-order valence-electron chi connectivity index (χ1n) is 7.29. The minimum absolute atomic E-state index is 0.838. The Labute approximate surface area is 121 Å². The van der Waals surface area contributed by atoms with E-state index in [9.17, 15) is 0 Å². The molecule has 1 aliphatic rings. The predicted octanol–water partition coefficient (Wildman–Crippen LogP) is 3.42. The molecular formula is C18H21NO. The number of morpholine rings is 1. The zero-order valence-corrected chi connectivity index (χ0v) is 12.0. The second kappa shape index (κ2) is 6.10. The summed E-state index contributed by atoms with van der Waals surface area (Å²) >= 11 is 0. The molecule has 104 valence electrons. The first-order valence-corrected chi connectivity index (χ1v) is 7.29. The van der Waals surface area contributed by atoms with Gasteiger partial charge in [-0.05, 0) is 42.2 Å². The molecule has 0 saturated carbocycles. The van der Waals surface area contributed by atoms with Gasteiger partial charge in [-0.15, -0.1) is 0 Å². The van der Waals surface area contributed by atoms with E-state index >= 15 is 0 Å². The van der Waals surface area contributed by atoms with Gasteiger partial charge in [0.15, 0.2) is 0 Å². The lowest BCUT2D eigenvalue weighted by Gasteiger charge is -2.29. The molecule has 1 aliphatic heterocycles. The van der Waals surface area contributed by atoms with Gasteiger partial charge in [-0.3, -0.25) is 0 Å². The SMILES string of the molecule is Cc1cc(N2CCOCC2)ccc1Cc1ccccc1. The first-order chi connectivity index (χ1) is 9.83. The molecule has 2 aromatic carbocycles. The fraction of sp³-hybridized carbons (Fsp3) is 0.333. The molecule has 0 bridgehead atoms. The molecule has 0 spiro atoms. The monoisotopic (exact) mass is 267 g/mol. The number of ether oxygens (including phenoxy) is 1. The third-order valence-corrected chi connectivity index (χ3v) is 3.94. The molecule has 2 nitrogen and oxygen atoms in total. The van der Waals surface area contributed by atoms with E-state index in [0.29, 0.717) is 0 Å². The van der Waals surface area contributed by atoms with E-state index in [1.807, 2.05) is 0 Å². The average molecular weight is 267 g/mol. The van der Waals surface area contributed by atoms with Gasteiger partial charge in [-0.25, -0.2) is 0 Å². The third kappa shape index (κ3) is 3.02. The van der Waals surface area contributed by atoms with Crippen molar-refractivity contribution in [1.82, 2.24) is 0 Å². The van der Waals surface area contributed by atoms with Crippen molar-refractivity contribution in [3.63, 3.8) is 0 Å². The lowest BCUT2D eigenvalue weighted by molar-refractivity contribution is 0.122. The van der Waals surface area contributed by atoms with Gasteiger partial charge in [0, 0.05) is 18.8 Å². The molecule has 20 heavy (non-hydrogen) atoms. The summed E-state index contributed by atoms with van der Waals surface area (Å²) in [5.41, 5.74) is 5.48. The molecule has 0 aliphatic carbocycles. The number of anilines is 1. The lowest BCUT2D eigenvalue weighted by atomic mass is 10.00. The molecule has 3 rings (SSSR count). The molecule has 0 amide bonds. The summed E-state index contributed by atoms with van der Waals surface area (Å²) in [7, 11) is 0. The van der Waals surface area contributed by atoms with Crippen LogP contribution in [0, 0.1) is 6.92 Å². The Hall–Kier alpha value is -1.80. The van der Waals surface area contributed by atoms with Crippen molar-refractivity contribution in [3.05, 3.63) is 65.2 Å². The van der Waals surface area contributed by atoms with E-state index < -0.39 is 0 Å². The molecule has 2 aromatic rings. The predicted molar refractivity (Wildman–Crippen MR) is 83.5 cm³/mol. The highest BCUT2D eigenvalue weighted by Gasteiger charge is 2.12. The molecule has 1 fully saturated rings. The van der Waals surface area contributed by atoms with Crippen molar-refractivity contribution in [2.45, 2.75) is 13.3 Å². The quantitative estimate of drug-likeness (QED) is 0.845. The highest BCUT2D eigenvalue weighted by molar-refractivity contribution is 5.51. The molecule has 1 heterocycles. The maximum Gasteiger partial charge on any atom is 0.0642 e. The summed E-state index contributed by atoms with van der Waals surface area (Å²) in [6.45, 7) is 5.88. The smallest absolute Gasteiger partial charge is 0.0642 e. The lowest BCUT2D eigenvalue weighted by Crippen LogP contribution is -2.36. The van der Waals surface area contributed by atoms with Crippen molar-refractivity contribution in [2.75, 3.05) is 31.2 Å². The van der Waals surface area contributed by atoms with Crippen LogP contribution in [0.4, 0.5) is 5.69 Å². The van der Waals surface area contributed by atoms with E-state index in [2.05, 4.69) is 60.4 Å². The molecule has 0 unspecified atom stereocenters. The number of hydrogen-bond donors (Lipinski definition) is 0. The van der Waals surface area contributed by atoms with Crippen LogP contribution < -0.4 is 4.90 Å². The third-order valence-electron chi connectivity index (χ3n) is 3.94. The number of hydrogen-bond acceptors (Lipinski definition) is 2. The van der Waals surface area contributed by atoms with Gasteiger partial charge in [0.1, 0.15) is 0 Å². The molecule has 0 aromatic heterocycles. The van der Waals surface area contributed by atoms with Crippen molar-refractivity contribution < 1.29 is 4.74 Å². The summed E-state index contributed by atoms with van der Waals surface area (Å²) in [4.78, 5) is 2.41. The molecular weight excluding hydrogens is 246 g/mol. The Bertz CT molecular complexity index is 559. The maximum atomic E-state index is 5.41. The highest BCUT2D eigenvalue weighted by atomic mass is 16.5. The Balaban J connectivity index is 1.77. The Kier molecular flexibility index (Phi) is 4.03. The van der Waals surface area contributed by atoms with Crippen LogP contribution in [0.25, 0.3) is 0 Å². The van der Waals surface area contributed by atoms with E-state index in [4.69, 9.17) is 4.74 Å². The Morgan fingerprint density at radius 2 is 1.75 bits per heavy atom. The van der Waals surface area contributed by atoms with Crippen LogP contribution in [0.1, 0.15) is 16.7 Å². The number of benzene rings is 2.